The van der Waals surface area contributed by atoms with Gasteiger partial charge in [0.15, 0.2) is 5.52 Å². The van der Waals surface area contributed by atoms with Gasteiger partial charge in [-0.15, -0.1) is 0 Å². The van der Waals surface area contributed by atoms with E-state index in [4.69, 9.17) is 0 Å². The van der Waals surface area contributed by atoms with Crippen LogP contribution in [0.2, 0.25) is 0 Å². The first-order valence-corrected chi connectivity index (χ1v) is 9.18. The number of piperazine rings is 1. The van der Waals surface area contributed by atoms with Crippen LogP contribution >= 0.6 is 0 Å². The number of rotatable bonds is 3. The van der Waals surface area contributed by atoms with Crippen LogP contribution in [-0.4, -0.2) is 46.9 Å². The van der Waals surface area contributed by atoms with E-state index in [0.29, 0.717) is 37.3 Å². The first kappa shape index (κ1) is 17.9. The van der Waals surface area contributed by atoms with Crippen LogP contribution in [0.5, 0.6) is 0 Å². The van der Waals surface area contributed by atoms with Gasteiger partial charge >= 0.3 is 0 Å². The highest BCUT2D eigenvalue weighted by molar-refractivity contribution is 5.97. The molecule has 1 fully saturated rings. The van der Waals surface area contributed by atoms with Gasteiger partial charge < -0.3 is 9.80 Å². The van der Waals surface area contributed by atoms with Crippen molar-refractivity contribution >= 4 is 28.2 Å². The summed E-state index contributed by atoms with van der Waals surface area (Å²) in [6.07, 6.45) is 0. The zero-order valence-electron chi connectivity index (χ0n) is 15.5. The lowest BCUT2D eigenvalue weighted by molar-refractivity contribution is -0.383. The molecule has 3 aromatic rings. The van der Waals surface area contributed by atoms with Crippen LogP contribution in [0.1, 0.15) is 16.1 Å². The Morgan fingerprint density at radius 2 is 1.75 bits per heavy atom. The SMILES string of the molecule is Cc1cc(N2CCN(C(=O)c3ccccc3)CC2)c2cccc([N+](=O)[O-])c2n1. The smallest absolute Gasteiger partial charge is 0.295 e. The fraction of sp³-hybridized carbons (Fsp3) is 0.238. The molecule has 0 radical (unpaired) electrons. The third kappa shape index (κ3) is 3.26. The van der Waals surface area contributed by atoms with Gasteiger partial charge in [-0.05, 0) is 25.1 Å². The number of hydrogen-bond donors (Lipinski definition) is 0. The molecule has 0 bridgehead atoms. The van der Waals surface area contributed by atoms with Gasteiger partial charge in [-0.1, -0.05) is 30.3 Å². The van der Waals surface area contributed by atoms with Gasteiger partial charge in [-0.3, -0.25) is 14.9 Å². The maximum absolute atomic E-state index is 12.7. The summed E-state index contributed by atoms with van der Waals surface area (Å²) >= 11 is 0. The highest BCUT2D eigenvalue weighted by Crippen LogP contribution is 2.32. The summed E-state index contributed by atoms with van der Waals surface area (Å²) < 4.78 is 0. The minimum absolute atomic E-state index is 0.0142. The molecule has 0 spiro atoms. The Kier molecular flexibility index (Phi) is 4.65. The van der Waals surface area contributed by atoms with Gasteiger partial charge in [0.25, 0.3) is 11.6 Å². The van der Waals surface area contributed by atoms with Crippen LogP contribution in [0.15, 0.2) is 54.6 Å². The molecule has 1 aliphatic heterocycles. The fourth-order valence-corrected chi connectivity index (χ4v) is 3.66. The van der Waals surface area contributed by atoms with Crippen LogP contribution in [0, 0.1) is 17.0 Å². The molecular weight excluding hydrogens is 356 g/mol. The molecule has 7 nitrogen and oxygen atoms in total. The Morgan fingerprint density at radius 1 is 1.04 bits per heavy atom. The number of para-hydroxylation sites is 1. The molecule has 0 saturated carbocycles. The molecule has 2 aromatic carbocycles. The number of carbonyl (C=O) groups is 1. The standard InChI is InChI=1S/C21H20N4O3/c1-15-14-19(17-8-5-9-18(25(27)28)20(17)22-15)23-10-12-24(13-11-23)21(26)16-6-3-2-4-7-16/h2-9,14H,10-13H2,1H3. The Hall–Kier alpha value is -3.48. The average Bonchev–Trinajstić information content (AvgIpc) is 2.73. The number of carbonyl (C=O) groups excluding carboxylic acids is 1. The van der Waals surface area contributed by atoms with Crippen molar-refractivity contribution in [1.82, 2.24) is 9.88 Å². The van der Waals surface area contributed by atoms with Gasteiger partial charge in [-0.25, -0.2) is 4.98 Å². The first-order chi connectivity index (χ1) is 13.5. The van der Waals surface area contributed by atoms with Crippen LogP contribution in [0.4, 0.5) is 11.4 Å². The number of non-ortho nitro benzene ring substituents is 1. The molecule has 28 heavy (non-hydrogen) atoms. The maximum atomic E-state index is 12.7. The molecule has 1 aliphatic rings. The van der Waals surface area contributed by atoms with Gasteiger partial charge in [0, 0.05) is 54.6 Å². The number of benzene rings is 2. The number of nitrogens with zero attached hydrogens (tertiary/aromatic N) is 4. The van der Waals surface area contributed by atoms with Crippen molar-refractivity contribution in [3.63, 3.8) is 0 Å². The van der Waals surface area contributed by atoms with E-state index < -0.39 is 4.92 Å². The zero-order chi connectivity index (χ0) is 19.7. The molecule has 4 rings (SSSR count). The summed E-state index contributed by atoms with van der Waals surface area (Å²) in [5.41, 5.74) is 2.78. The first-order valence-electron chi connectivity index (χ1n) is 9.18. The van der Waals surface area contributed by atoms with E-state index in [1.165, 1.54) is 6.07 Å². The predicted octanol–water partition coefficient (Wildman–Crippen LogP) is 3.41. The normalized spacial score (nSPS) is 14.3. The number of fused-ring (bicyclic) bond motifs is 1. The second-order valence-corrected chi connectivity index (χ2v) is 6.86. The largest absolute Gasteiger partial charge is 0.367 e. The van der Waals surface area contributed by atoms with Gasteiger partial charge in [0.2, 0.25) is 0 Å². The monoisotopic (exact) mass is 376 g/mol. The highest BCUT2D eigenvalue weighted by atomic mass is 16.6. The molecule has 2 heterocycles. The van der Waals surface area contributed by atoms with Crippen molar-refractivity contribution in [3.05, 3.63) is 76.0 Å². The Bertz CT molecular complexity index is 1040. The molecule has 0 N–H and O–H groups in total. The van der Waals surface area contributed by atoms with Crippen LogP contribution in [0.3, 0.4) is 0 Å². The summed E-state index contributed by atoms with van der Waals surface area (Å²) in [5.74, 6) is 0.0339. The molecule has 0 atom stereocenters. The highest BCUT2D eigenvalue weighted by Gasteiger charge is 2.24. The fourth-order valence-electron chi connectivity index (χ4n) is 3.66. The lowest BCUT2D eigenvalue weighted by Gasteiger charge is -2.36. The van der Waals surface area contributed by atoms with E-state index in [1.807, 2.05) is 54.3 Å². The zero-order valence-corrected chi connectivity index (χ0v) is 15.5. The van der Waals surface area contributed by atoms with Gasteiger partial charge in [-0.2, -0.15) is 0 Å². The lowest BCUT2D eigenvalue weighted by Crippen LogP contribution is -2.48. The number of pyridine rings is 1. The molecular formula is C21H20N4O3. The van der Waals surface area contributed by atoms with Gasteiger partial charge in [0.1, 0.15) is 0 Å². The van der Waals surface area contributed by atoms with Crippen molar-refractivity contribution in [2.24, 2.45) is 0 Å². The van der Waals surface area contributed by atoms with Crippen molar-refractivity contribution in [1.29, 1.82) is 0 Å². The number of hydrogen-bond acceptors (Lipinski definition) is 5. The molecule has 1 saturated heterocycles. The summed E-state index contributed by atoms with van der Waals surface area (Å²) in [6, 6.07) is 16.3. The van der Waals surface area contributed by atoms with E-state index in [1.54, 1.807) is 6.07 Å². The van der Waals surface area contributed by atoms with E-state index >= 15 is 0 Å². The topological polar surface area (TPSA) is 79.6 Å². The molecule has 1 aromatic heterocycles. The van der Waals surface area contributed by atoms with Crippen LogP contribution in [-0.2, 0) is 0 Å². The van der Waals surface area contributed by atoms with Crippen LogP contribution in [0.25, 0.3) is 10.9 Å². The second-order valence-electron chi connectivity index (χ2n) is 6.86. The summed E-state index contributed by atoms with van der Waals surface area (Å²) in [7, 11) is 0. The number of nitro groups is 1. The Balaban J connectivity index is 1.60. The summed E-state index contributed by atoms with van der Waals surface area (Å²) in [4.78, 5) is 32.1. The number of nitro benzene ring substituents is 1. The maximum Gasteiger partial charge on any atom is 0.295 e. The Labute approximate surface area is 162 Å². The van der Waals surface area contributed by atoms with Crippen molar-refractivity contribution in [3.8, 4) is 0 Å². The Morgan fingerprint density at radius 3 is 2.43 bits per heavy atom. The molecule has 0 unspecified atom stereocenters. The van der Waals surface area contributed by atoms with E-state index in [9.17, 15) is 14.9 Å². The lowest BCUT2D eigenvalue weighted by atomic mass is 10.1. The van der Waals surface area contributed by atoms with Crippen molar-refractivity contribution in [2.45, 2.75) is 6.92 Å². The molecule has 7 heteroatoms. The number of amides is 1. The minimum Gasteiger partial charge on any atom is -0.367 e. The quantitative estimate of drug-likeness (QED) is 0.517. The van der Waals surface area contributed by atoms with Crippen LogP contribution < -0.4 is 4.90 Å². The molecule has 142 valence electrons. The van der Waals surface area contributed by atoms with Gasteiger partial charge in [0.05, 0.1) is 4.92 Å². The second kappa shape index (κ2) is 7.26. The molecule has 0 aliphatic carbocycles. The van der Waals surface area contributed by atoms with E-state index in [2.05, 4.69) is 9.88 Å². The van der Waals surface area contributed by atoms with Crippen molar-refractivity contribution < 1.29 is 9.72 Å². The number of aryl methyl sites for hydroxylation is 1. The predicted molar refractivity (Wildman–Crippen MR) is 108 cm³/mol. The third-order valence-corrected chi connectivity index (χ3v) is 5.05. The van der Waals surface area contributed by atoms with Crippen molar-refractivity contribution in [2.75, 3.05) is 31.1 Å². The summed E-state index contributed by atoms with van der Waals surface area (Å²) in [6.45, 7) is 4.38. The van der Waals surface area contributed by atoms with E-state index in [-0.39, 0.29) is 11.6 Å². The number of aromatic nitrogens is 1. The molecule has 1 amide bonds. The minimum atomic E-state index is -0.394. The number of anilines is 1. The van der Waals surface area contributed by atoms with E-state index in [0.717, 1.165) is 16.8 Å². The summed E-state index contributed by atoms with van der Waals surface area (Å²) in [5, 5.41) is 12.1. The third-order valence-electron chi connectivity index (χ3n) is 5.05. The average molecular weight is 376 g/mol.